The van der Waals surface area contributed by atoms with E-state index in [2.05, 4.69) is 36.8 Å². The number of aryl methyl sites for hydroxylation is 1. The number of hydrogen-bond acceptors (Lipinski definition) is 5. The van der Waals surface area contributed by atoms with E-state index in [1.54, 1.807) is 16.8 Å². The van der Waals surface area contributed by atoms with Gasteiger partial charge < -0.3 is 10.1 Å². The minimum atomic E-state index is -0.258. The number of rotatable bonds is 7. The highest BCUT2D eigenvalue weighted by Gasteiger charge is 2.08. The molecule has 0 aliphatic rings. The van der Waals surface area contributed by atoms with Crippen LogP contribution >= 0.6 is 15.9 Å². The second-order valence-electron chi connectivity index (χ2n) is 5.34. The van der Waals surface area contributed by atoms with Crippen molar-refractivity contribution >= 4 is 21.9 Å². The summed E-state index contributed by atoms with van der Waals surface area (Å²) in [5.41, 5.74) is 1.86. The van der Waals surface area contributed by atoms with Crippen LogP contribution in [0.1, 0.15) is 18.1 Å². The summed E-state index contributed by atoms with van der Waals surface area (Å²) in [6.07, 6.45) is 0. The summed E-state index contributed by atoms with van der Waals surface area (Å²) in [6.45, 7) is 3.53. The van der Waals surface area contributed by atoms with Crippen molar-refractivity contribution in [2.75, 3.05) is 5.32 Å². The molecule has 8 heteroatoms. The van der Waals surface area contributed by atoms with Gasteiger partial charge in [-0.15, -0.1) is 0 Å². The maximum atomic E-state index is 13.0. The van der Waals surface area contributed by atoms with Crippen molar-refractivity contribution in [2.45, 2.75) is 26.6 Å². The standard InChI is InChI=1S/C17H17BrFN5O/c1-2-24-17(21-22-23-24)20-10-13-9-14(18)5-8-16(13)25-11-12-3-6-15(19)7-4-12/h3-9H,2,10-11H2,1H3,(H,20,21,23). The first-order chi connectivity index (χ1) is 12.2. The first-order valence-corrected chi connectivity index (χ1v) is 8.60. The Kier molecular flexibility index (Phi) is 5.60. The van der Waals surface area contributed by atoms with E-state index in [1.807, 2.05) is 25.1 Å². The molecule has 3 aromatic rings. The van der Waals surface area contributed by atoms with Crippen molar-refractivity contribution in [1.82, 2.24) is 20.2 Å². The molecule has 2 aromatic carbocycles. The van der Waals surface area contributed by atoms with Crippen LogP contribution in [-0.2, 0) is 19.7 Å². The number of halogens is 2. The van der Waals surface area contributed by atoms with Gasteiger partial charge in [-0.05, 0) is 53.2 Å². The molecule has 25 heavy (non-hydrogen) atoms. The molecular weight excluding hydrogens is 389 g/mol. The van der Waals surface area contributed by atoms with E-state index in [9.17, 15) is 4.39 Å². The molecule has 0 saturated heterocycles. The first-order valence-electron chi connectivity index (χ1n) is 7.81. The van der Waals surface area contributed by atoms with E-state index in [0.29, 0.717) is 25.6 Å². The number of ether oxygens (including phenoxy) is 1. The topological polar surface area (TPSA) is 64.9 Å². The van der Waals surface area contributed by atoms with E-state index in [-0.39, 0.29) is 5.82 Å². The number of anilines is 1. The van der Waals surface area contributed by atoms with Crippen LogP contribution in [0.25, 0.3) is 0 Å². The zero-order valence-corrected chi connectivity index (χ0v) is 15.2. The fraction of sp³-hybridized carbons (Fsp3) is 0.235. The molecule has 1 aromatic heterocycles. The average Bonchev–Trinajstić information content (AvgIpc) is 3.08. The Morgan fingerprint density at radius 2 is 2.00 bits per heavy atom. The highest BCUT2D eigenvalue weighted by molar-refractivity contribution is 9.10. The maximum Gasteiger partial charge on any atom is 0.243 e. The quantitative estimate of drug-likeness (QED) is 0.647. The van der Waals surface area contributed by atoms with E-state index >= 15 is 0 Å². The smallest absolute Gasteiger partial charge is 0.243 e. The first kappa shape index (κ1) is 17.3. The molecule has 3 rings (SSSR count). The van der Waals surface area contributed by atoms with Gasteiger partial charge in [-0.3, -0.25) is 0 Å². The summed E-state index contributed by atoms with van der Waals surface area (Å²) in [6, 6.07) is 12.1. The van der Waals surface area contributed by atoms with Crippen molar-refractivity contribution < 1.29 is 9.13 Å². The highest BCUT2D eigenvalue weighted by atomic mass is 79.9. The summed E-state index contributed by atoms with van der Waals surface area (Å²) in [4.78, 5) is 0. The summed E-state index contributed by atoms with van der Waals surface area (Å²) in [5.74, 6) is 1.09. The van der Waals surface area contributed by atoms with Crippen molar-refractivity contribution in [3.8, 4) is 5.75 Å². The third-order valence-electron chi connectivity index (χ3n) is 3.60. The van der Waals surface area contributed by atoms with Gasteiger partial charge in [0.05, 0.1) is 0 Å². The molecule has 0 unspecified atom stereocenters. The van der Waals surface area contributed by atoms with E-state index in [4.69, 9.17) is 4.74 Å². The van der Waals surface area contributed by atoms with Crippen molar-refractivity contribution in [2.24, 2.45) is 0 Å². The van der Waals surface area contributed by atoms with Gasteiger partial charge in [0.1, 0.15) is 18.2 Å². The van der Waals surface area contributed by atoms with Crippen LogP contribution in [0.15, 0.2) is 46.9 Å². The largest absolute Gasteiger partial charge is 0.489 e. The summed E-state index contributed by atoms with van der Waals surface area (Å²) in [7, 11) is 0. The minimum Gasteiger partial charge on any atom is -0.489 e. The van der Waals surface area contributed by atoms with E-state index < -0.39 is 0 Å². The van der Waals surface area contributed by atoms with Gasteiger partial charge in [0.25, 0.3) is 0 Å². The fourth-order valence-electron chi connectivity index (χ4n) is 2.29. The molecular formula is C17H17BrFN5O. The molecule has 1 heterocycles. The summed E-state index contributed by atoms with van der Waals surface area (Å²) >= 11 is 3.48. The Hall–Kier alpha value is -2.48. The van der Waals surface area contributed by atoms with Crippen molar-refractivity contribution in [3.63, 3.8) is 0 Å². The molecule has 0 aliphatic carbocycles. The Bertz CT molecular complexity index is 837. The zero-order chi connectivity index (χ0) is 17.6. The van der Waals surface area contributed by atoms with Gasteiger partial charge in [0.15, 0.2) is 0 Å². The minimum absolute atomic E-state index is 0.258. The number of nitrogens with zero attached hydrogens (tertiary/aromatic N) is 4. The Labute approximate surface area is 153 Å². The molecule has 0 bridgehead atoms. The normalized spacial score (nSPS) is 10.7. The average molecular weight is 406 g/mol. The lowest BCUT2D eigenvalue weighted by Gasteiger charge is -2.13. The molecule has 0 amide bonds. The fourth-order valence-corrected chi connectivity index (χ4v) is 2.70. The van der Waals surface area contributed by atoms with Crippen LogP contribution in [0.2, 0.25) is 0 Å². The zero-order valence-electron chi connectivity index (χ0n) is 13.6. The van der Waals surface area contributed by atoms with Crippen molar-refractivity contribution in [1.29, 1.82) is 0 Å². The molecule has 130 valence electrons. The lowest BCUT2D eigenvalue weighted by Crippen LogP contribution is -2.09. The van der Waals surface area contributed by atoms with Crippen LogP contribution < -0.4 is 10.1 Å². The van der Waals surface area contributed by atoms with Gasteiger partial charge in [-0.1, -0.05) is 33.2 Å². The monoisotopic (exact) mass is 405 g/mol. The molecule has 0 spiro atoms. The summed E-state index contributed by atoms with van der Waals surface area (Å²) in [5, 5.41) is 14.7. The third kappa shape index (κ3) is 4.54. The van der Waals surface area contributed by atoms with Crippen LogP contribution in [-0.4, -0.2) is 20.2 Å². The Morgan fingerprint density at radius 1 is 1.20 bits per heavy atom. The van der Waals surface area contributed by atoms with Gasteiger partial charge in [-0.2, -0.15) is 0 Å². The molecule has 0 radical (unpaired) electrons. The summed E-state index contributed by atoms with van der Waals surface area (Å²) < 4.78 is 21.5. The lowest BCUT2D eigenvalue weighted by molar-refractivity contribution is 0.303. The number of nitrogens with one attached hydrogen (secondary N) is 1. The van der Waals surface area contributed by atoms with Gasteiger partial charge in [0, 0.05) is 23.1 Å². The Balaban J connectivity index is 1.70. The van der Waals surface area contributed by atoms with E-state index in [1.165, 1.54) is 12.1 Å². The van der Waals surface area contributed by atoms with Crippen LogP contribution in [0.3, 0.4) is 0 Å². The third-order valence-corrected chi connectivity index (χ3v) is 4.09. The lowest BCUT2D eigenvalue weighted by atomic mass is 10.2. The van der Waals surface area contributed by atoms with Crippen LogP contribution in [0.5, 0.6) is 5.75 Å². The SMILES string of the molecule is CCn1nnnc1NCc1cc(Br)ccc1OCc1ccc(F)cc1. The number of benzene rings is 2. The van der Waals surface area contributed by atoms with Crippen molar-refractivity contribution in [3.05, 3.63) is 63.9 Å². The molecule has 0 aliphatic heterocycles. The maximum absolute atomic E-state index is 13.0. The van der Waals surface area contributed by atoms with Gasteiger partial charge in [-0.25, -0.2) is 9.07 Å². The number of aromatic nitrogens is 4. The molecule has 1 N–H and O–H groups in total. The molecule has 0 fully saturated rings. The number of tetrazole rings is 1. The molecule has 0 saturated carbocycles. The number of hydrogen-bond donors (Lipinski definition) is 1. The molecule has 6 nitrogen and oxygen atoms in total. The van der Waals surface area contributed by atoms with Crippen LogP contribution in [0.4, 0.5) is 10.3 Å². The molecule has 0 atom stereocenters. The van der Waals surface area contributed by atoms with Gasteiger partial charge >= 0.3 is 0 Å². The van der Waals surface area contributed by atoms with E-state index in [0.717, 1.165) is 21.3 Å². The predicted octanol–water partition coefficient (Wildman–Crippen LogP) is 3.79. The second-order valence-corrected chi connectivity index (χ2v) is 6.25. The Morgan fingerprint density at radius 3 is 2.76 bits per heavy atom. The highest BCUT2D eigenvalue weighted by Crippen LogP contribution is 2.25. The predicted molar refractivity (Wildman–Crippen MR) is 95.7 cm³/mol. The second kappa shape index (κ2) is 8.06. The van der Waals surface area contributed by atoms with Gasteiger partial charge in [0.2, 0.25) is 5.95 Å². The van der Waals surface area contributed by atoms with Crippen LogP contribution in [0, 0.1) is 5.82 Å².